The Morgan fingerprint density at radius 2 is 2.00 bits per heavy atom. The predicted molar refractivity (Wildman–Crippen MR) is 79.2 cm³/mol. The van der Waals surface area contributed by atoms with E-state index in [1.165, 1.54) is 11.3 Å². The first-order chi connectivity index (χ1) is 9.60. The van der Waals surface area contributed by atoms with Crippen LogP contribution in [0.25, 0.3) is 0 Å². The van der Waals surface area contributed by atoms with Crippen LogP contribution in [0.4, 0.5) is 0 Å². The van der Waals surface area contributed by atoms with E-state index >= 15 is 0 Å². The van der Waals surface area contributed by atoms with Gasteiger partial charge in [0, 0.05) is 18.5 Å². The molecule has 0 aromatic carbocycles. The second-order valence-electron chi connectivity index (χ2n) is 5.77. The lowest BCUT2D eigenvalue weighted by Gasteiger charge is -2.36. The van der Waals surface area contributed by atoms with Crippen LogP contribution in [0, 0.1) is 5.92 Å². The second-order valence-corrected chi connectivity index (χ2v) is 8.84. The van der Waals surface area contributed by atoms with Gasteiger partial charge in [-0.1, -0.05) is 18.9 Å². The molecule has 3 unspecified atom stereocenters. The summed E-state index contributed by atoms with van der Waals surface area (Å²) in [7, 11) is -3.38. The van der Waals surface area contributed by atoms with Gasteiger partial charge >= 0.3 is 0 Å². The molecule has 1 saturated carbocycles. The molecule has 112 valence electrons. The van der Waals surface area contributed by atoms with Gasteiger partial charge in [0.2, 0.25) is 0 Å². The van der Waals surface area contributed by atoms with Crippen molar-refractivity contribution in [3.05, 3.63) is 17.5 Å². The summed E-state index contributed by atoms with van der Waals surface area (Å²) < 4.78 is 27.5. The van der Waals surface area contributed by atoms with E-state index in [9.17, 15) is 13.5 Å². The first-order valence-electron chi connectivity index (χ1n) is 7.34. The van der Waals surface area contributed by atoms with E-state index in [0.717, 1.165) is 38.5 Å². The van der Waals surface area contributed by atoms with Crippen LogP contribution in [-0.4, -0.2) is 36.5 Å². The van der Waals surface area contributed by atoms with E-state index in [0.29, 0.717) is 10.8 Å². The standard InChI is InChI=1S/C14H21NO3S2/c16-13-7-2-1-5-11(13)12-6-3-9-15(12)20(17,18)14-8-4-10-19-14/h4,8,10-13,16H,1-3,5-7,9H2. The lowest BCUT2D eigenvalue weighted by Crippen LogP contribution is -2.45. The summed E-state index contributed by atoms with van der Waals surface area (Å²) in [6.45, 7) is 0.591. The zero-order valence-electron chi connectivity index (χ0n) is 11.4. The average Bonchev–Trinajstić information content (AvgIpc) is 3.11. The molecule has 3 atom stereocenters. The maximum atomic E-state index is 12.7. The quantitative estimate of drug-likeness (QED) is 0.932. The van der Waals surface area contributed by atoms with Crippen LogP contribution in [0.1, 0.15) is 38.5 Å². The molecule has 1 N–H and O–H groups in total. The molecule has 2 fully saturated rings. The molecule has 0 bridgehead atoms. The van der Waals surface area contributed by atoms with Gasteiger partial charge in [-0.2, -0.15) is 4.31 Å². The third kappa shape index (κ3) is 2.54. The molecule has 1 aliphatic heterocycles. The van der Waals surface area contributed by atoms with Crippen molar-refractivity contribution < 1.29 is 13.5 Å². The lowest BCUT2D eigenvalue weighted by molar-refractivity contribution is 0.0387. The van der Waals surface area contributed by atoms with Crippen LogP contribution < -0.4 is 0 Å². The maximum absolute atomic E-state index is 12.7. The molecule has 0 amide bonds. The van der Waals surface area contributed by atoms with Crippen LogP contribution in [0.5, 0.6) is 0 Å². The first kappa shape index (κ1) is 14.5. The summed E-state index contributed by atoms with van der Waals surface area (Å²) in [6.07, 6.45) is 5.36. The van der Waals surface area contributed by atoms with E-state index in [-0.39, 0.29) is 18.1 Å². The number of aliphatic hydroxyl groups is 1. The molecule has 1 saturated heterocycles. The van der Waals surface area contributed by atoms with Gasteiger partial charge in [-0.3, -0.25) is 0 Å². The minimum atomic E-state index is -3.38. The molecule has 1 aromatic heterocycles. The predicted octanol–water partition coefficient (Wildman–Crippen LogP) is 2.45. The zero-order valence-corrected chi connectivity index (χ0v) is 13.1. The molecule has 1 aliphatic carbocycles. The Bertz CT molecular complexity index is 541. The third-order valence-corrected chi connectivity index (χ3v) is 7.88. The number of thiophene rings is 1. The van der Waals surface area contributed by atoms with E-state index in [2.05, 4.69) is 0 Å². The summed E-state index contributed by atoms with van der Waals surface area (Å²) in [4.78, 5) is 0. The van der Waals surface area contributed by atoms with Gasteiger partial charge in [-0.25, -0.2) is 8.42 Å². The molecule has 4 nitrogen and oxygen atoms in total. The van der Waals surface area contributed by atoms with E-state index < -0.39 is 10.0 Å². The largest absolute Gasteiger partial charge is 0.393 e. The highest BCUT2D eigenvalue weighted by Crippen LogP contribution is 2.37. The minimum Gasteiger partial charge on any atom is -0.393 e. The van der Waals surface area contributed by atoms with Crippen molar-refractivity contribution >= 4 is 21.4 Å². The van der Waals surface area contributed by atoms with Crippen LogP contribution in [0.2, 0.25) is 0 Å². The fourth-order valence-corrected chi connectivity index (χ4v) is 6.46. The third-order valence-electron chi connectivity index (χ3n) is 4.58. The van der Waals surface area contributed by atoms with Crippen molar-refractivity contribution in [3.63, 3.8) is 0 Å². The highest BCUT2D eigenvalue weighted by molar-refractivity contribution is 7.91. The van der Waals surface area contributed by atoms with Gasteiger partial charge in [0.15, 0.2) is 0 Å². The van der Waals surface area contributed by atoms with Crippen LogP contribution in [0.3, 0.4) is 0 Å². The molecule has 3 rings (SSSR count). The molecule has 0 spiro atoms. The van der Waals surface area contributed by atoms with Gasteiger partial charge < -0.3 is 5.11 Å². The molecule has 1 aromatic rings. The summed E-state index contributed by atoms with van der Waals surface area (Å²) in [5.41, 5.74) is 0. The first-order valence-corrected chi connectivity index (χ1v) is 9.66. The van der Waals surface area contributed by atoms with Gasteiger partial charge in [-0.05, 0) is 37.1 Å². The van der Waals surface area contributed by atoms with Crippen molar-refractivity contribution in [2.75, 3.05) is 6.54 Å². The van der Waals surface area contributed by atoms with E-state index in [1.54, 1.807) is 21.8 Å². The van der Waals surface area contributed by atoms with Crippen LogP contribution in [-0.2, 0) is 10.0 Å². The molecular formula is C14H21NO3S2. The number of nitrogens with zero attached hydrogens (tertiary/aromatic N) is 1. The smallest absolute Gasteiger partial charge is 0.252 e. The van der Waals surface area contributed by atoms with Crippen molar-refractivity contribution in [2.45, 2.75) is 54.9 Å². The average molecular weight is 315 g/mol. The van der Waals surface area contributed by atoms with Crippen LogP contribution in [0.15, 0.2) is 21.7 Å². The fraction of sp³-hybridized carbons (Fsp3) is 0.714. The van der Waals surface area contributed by atoms with Crippen LogP contribution >= 0.6 is 11.3 Å². The van der Waals surface area contributed by atoms with Gasteiger partial charge in [0.1, 0.15) is 4.21 Å². The van der Waals surface area contributed by atoms with Crippen molar-refractivity contribution in [2.24, 2.45) is 5.92 Å². The summed E-state index contributed by atoms with van der Waals surface area (Å²) in [5, 5.41) is 12.0. The maximum Gasteiger partial charge on any atom is 0.252 e. The Labute approximate surface area is 124 Å². The molecular weight excluding hydrogens is 294 g/mol. The number of hydrogen-bond acceptors (Lipinski definition) is 4. The minimum absolute atomic E-state index is 0.0163. The number of rotatable bonds is 3. The number of sulfonamides is 1. The summed E-state index contributed by atoms with van der Waals surface area (Å²) >= 11 is 1.27. The Balaban J connectivity index is 1.85. The SMILES string of the molecule is O=S(=O)(c1cccs1)N1CCCC1C1CCCCC1O. The molecule has 20 heavy (non-hydrogen) atoms. The Morgan fingerprint density at radius 1 is 1.20 bits per heavy atom. The fourth-order valence-electron chi connectivity index (χ4n) is 3.61. The van der Waals surface area contributed by atoms with Gasteiger partial charge in [-0.15, -0.1) is 11.3 Å². The molecule has 6 heteroatoms. The van der Waals surface area contributed by atoms with Crippen molar-refractivity contribution in [1.29, 1.82) is 0 Å². The molecule has 0 radical (unpaired) electrons. The highest BCUT2D eigenvalue weighted by Gasteiger charge is 2.42. The Kier molecular flexibility index (Phi) is 4.17. The van der Waals surface area contributed by atoms with Crippen molar-refractivity contribution in [3.8, 4) is 0 Å². The molecule has 2 aliphatic rings. The van der Waals surface area contributed by atoms with E-state index in [4.69, 9.17) is 0 Å². The monoisotopic (exact) mass is 315 g/mol. The Hall–Kier alpha value is -0.430. The van der Waals surface area contributed by atoms with E-state index in [1.807, 2.05) is 0 Å². The van der Waals surface area contributed by atoms with Crippen molar-refractivity contribution in [1.82, 2.24) is 4.31 Å². The highest BCUT2D eigenvalue weighted by atomic mass is 32.2. The second kappa shape index (κ2) is 5.75. The van der Waals surface area contributed by atoms with Gasteiger partial charge in [0.05, 0.1) is 6.10 Å². The topological polar surface area (TPSA) is 57.6 Å². The normalized spacial score (nSPS) is 32.5. The number of aliphatic hydroxyl groups excluding tert-OH is 1. The zero-order chi connectivity index (χ0) is 14.2. The Morgan fingerprint density at radius 3 is 2.70 bits per heavy atom. The van der Waals surface area contributed by atoms with Gasteiger partial charge in [0.25, 0.3) is 10.0 Å². The molecule has 2 heterocycles. The summed E-state index contributed by atoms with van der Waals surface area (Å²) in [5.74, 6) is 0.112. The number of hydrogen-bond donors (Lipinski definition) is 1. The summed E-state index contributed by atoms with van der Waals surface area (Å²) in [6, 6.07) is 3.43. The lowest BCUT2D eigenvalue weighted by atomic mass is 9.81.